The van der Waals surface area contributed by atoms with Crippen molar-refractivity contribution >= 4 is 16.7 Å². The maximum atomic E-state index is 12.3. The molecule has 2 aromatic carbocycles. The van der Waals surface area contributed by atoms with E-state index in [1.165, 1.54) is 5.39 Å². The number of ether oxygens (including phenoxy) is 2. The third-order valence-electron chi connectivity index (χ3n) is 4.42. The van der Waals surface area contributed by atoms with Crippen LogP contribution in [0.5, 0.6) is 11.5 Å². The first-order valence-corrected chi connectivity index (χ1v) is 9.72. The van der Waals surface area contributed by atoms with E-state index in [2.05, 4.69) is 11.4 Å². The molecule has 0 saturated heterocycles. The Kier molecular flexibility index (Phi) is 6.84. The zero-order valence-electron chi connectivity index (χ0n) is 16.5. The molecule has 146 valence electrons. The number of nitrogens with zero attached hydrogens (tertiary/aromatic N) is 1. The van der Waals surface area contributed by atoms with Crippen LogP contribution in [0.25, 0.3) is 10.8 Å². The number of amides is 1. The maximum Gasteiger partial charge on any atom is 0.285 e. The zero-order chi connectivity index (χ0) is 19.8. The Hall–Kier alpha value is -3.08. The Morgan fingerprint density at radius 2 is 1.71 bits per heavy atom. The van der Waals surface area contributed by atoms with Gasteiger partial charge < -0.3 is 14.8 Å². The predicted octanol–water partition coefficient (Wildman–Crippen LogP) is 3.28. The Morgan fingerprint density at radius 3 is 2.50 bits per heavy atom. The van der Waals surface area contributed by atoms with Crippen molar-refractivity contribution < 1.29 is 18.8 Å². The van der Waals surface area contributed by atoms with Crippen LogP contribution in [-0.4, -0.2) is 25.7 Å². The van der Waals surface area contributed by atoms with Gasteiger partial charge in [0.25, 0.3) is 5.91 Å². The van der Waals surface area contributed by atoms with E-state index in [-0.39, 0.29) is 5.91 Å². The summed E-state index contributed by atoms with van der Waals surface area (Å²) in [4.78, 5) is 12.3. The van der Waals surface area contributed by atoms with Gasteiger partial charge in [-0.1, -0.05) is 24.3 Å². The van der Waals surface area contributed by atoms with Gasteiger partial charge in [-0.3, -0.25) is 4.79 Å². The van der Waals surface area contributed by atoms with Crippen LogP contribution in [0.1, 0.15) is 19.4 Å². The summed E-state index contributed by atoms with van der Waals surface area (Å²) in [7, 11) is 0. The topological polar surface area (TPSA) is 51.4 Å². The fourth-order valence-corrected chi connectivity index (χ4v) is 3.10. The predicted molar refractivity (Wildman–Crippen MR) is 110 cm³/mol. The number of fused-ring (bicyclic) bond motifs is 1. The van der Waals surface area contributed by atoms with E-state index >= 15 is 0 Å². The van der Waals surface area contributed by atoms with Crippen molar-refractivity contribution in [3.63, 3.8) is 0 Å². The molecule has 0 spiro atoms. The molecule has 5 nitrogen and oxygen atoms in total. The quantitative estimate of drug-likeness (QED) is 0.581. The van der Waals surface area contributed by atoms with E-state index in [0.717, 1.165) is 28.9 Å². The van der Waals surface area contributed by atoms with Gasteiger partial charge in [0.1, 0.15) is 0 Å². The minimum absolute atomic E-state index is 0.00347. The number of pyridine rings is 1. The summed E-state index contributed by atoms with van der Waals surface area (Å²) in [6.45, 7) is 5.97. The van der Waals surface area contributed by atoms with Gasteiger partial charge in [0.15, 0.2) is 23.9 Å². The molecule has 1 amide bonds. The largest absolute Gasteiger partial charge is 0.490 e. The molecule has 0 atom stereocenters. The lowest BCUT2D eigenvalue weighted by molar-refractivity contribution is -0.683. The van der Waals surface area contributed by atoms with Crippen LogP contribution in [-0.2, 0) is 17.8 Å². The molecule has 0 fully saturated rings. The lowest BCUT2D eigenvalue weighted by Crippen LogP contribution is -2.42. The van der Waals surface area contributed by atoms with Crippen LogP contribution in [0.15, 0.2) is 60.9 Å². The van der Waals surface area contributed by atoms with Crippen molar-refractivity contribution in [3.05, 3.63) is 66.5 Å². The molecule has 0 aliphatic heterocycles. The van der Waals surface area contributed by atoms with Crippen LogP contribution >= 0.6 is 0 Å². The Balaban J connectivity index is 1.53. The fourth-order valence-electron chi connectivity index (χ4n) is 3.10. The summed E-state index contributed by atoms with van der Waals surface area (Å²) in [6.07, 6.45) is 4.67. The molecule has 0 unspecified atom stereocenters. The van der Waals surface area contributed by atoms with Gasteiger partial charge in [-0.2, -0.15) is 4.57 Å². The van der Waals surface area contributed by atoms with Crippen molar-refractivity contribution in [1.82, 2.24) is 5.32 Å². The van der Waals surface area contributed by atoms with Gasteiger partial charge in [-0.05, 0) is 49.4 Å². The van der Waals surface area contributed by atoms with E-state index in [1.54, 1.807) is 0 Å². The first-order valence-electron chi connectivity index (χ1n) is 9.72. The maximum absolute atomic E-state index is 12.3. The Morgan fingerprint density at radius 1 is 0.964 bits per heavy atom. The number of carbonyl (C=O) groups excluding carboxylic acids is 1. The summed E-state index contributed by atoms with van der Waals surface area (Å²) < 4.78 is 13.1. The van der Waals surface area contributed by atoms with Crippen LogP contribution in [0.4, 0.5) is 0 Å². The summed E-state index contributed by atoms with van der Waals surface area (Å²) in [6, 6.07) is 16.1. The molecule has 1 N–H and O–H groups in total. The van der Waals surface area contributed by atoms with Gasteiger partial charge in [-0.25, -0.2) is 0 Å². The first kappa shape index (κ1) is 19.7. The summed E-state index contributed by atoms with van der Waals surface area (Å²) in [5, 5.41) is 5.27. The second-order valence-corrected chi connectivity index (χ2v) is 6.49. The highest BCUT2D eigenvalue weighted by molar-refractivity contribution is 5.80. The smallest absolute Gasteiger partial charge is 0.285 e. The lowest BCUT2D eigenvalue weighted by atomic mass is 10.1. The molecule has 1 aromatic heterocycles. The van der Waals surface area contributed by atoms with Crippen molar-refractivity contribution in [3.8, 4) is 11.5 Å². The van der Waals surface area contributed by atoms with Crippen molar-refractivity contribution in [2.45, 2.75) is 26.8 Å². The molecule has 0 aliphatic rings. The van der Waals surface area contributed by atoms with E-state index in [4.69, 9.17) is 9.47 Å². The molecule has 1 heterocycles. The second kappa shape index (κ2) is 9.74. The standard InChI is InChI=1S/C23H26N2O3/c1-3-27-21-10-9-18(15-22(21)28-4-2)11-13-24-23(26)17-25-14-12-19-7-5-6-8-20(19)16-25/h5-10,12,14-16H,3-4,11,13,17H2,1-2H3/p+1. The van der Waals surface area contributed by atoms with Gasteiger partial charge in [0.05, 0.1) is 13.2 Å². The average molecular weight is 379 g/mol. The minimum Gasteiger partial charge on any atom is -0.490 e. The van der Waals surface area contributed by atoms with Crippen LogP contribution in [0.2, 0.25) is 0 Å². The van der Waals surface area contributed by atoms with Crippen molar-refractivity contribution in [1.29, 1.82) is 0 Å². The minimum atomic E-state index is -0.00347. The van der Waals surface area contributed by atoms with Gasteiger partial charge in [-0.15, -0.1) is 0 Å². The summed E-state index contributed by atoms with van der Waals surface area (Å²) in [5.74, 6) is 1.50. The number of hydrogen-bond acceptors (Lipinski definition) is 3. The van der Waals surface area contributed by atoms with E-state index in [0.29, 0.717) is 26.3 Å². The van der Waals surface area contributed by atoms with Gasteiger partial charge >= 0.3 is 0 Å². The molecule has 5 heteroatoms. The highest BCUT2D eigenvalue weighted by Crippen LogP contribution is 2.28. The molecular formula is C23H27N2O3+. The number of hydrogen-bond donors (Lipinski definition) is 1. The first-order chi connectivity index (χ1) is 13.7. The summed E-state index contributed by atoms with van der Waals surface area (Å²) >= 11 is 0. The number of carbonyl (C=O) groups is 1. The number of aromatic nitrogens is 1. The number of nitrogens with one attached hydrogen (secondary N) is 1. The van der Waals surface area contributed by atoms with Crippen molar-refractivity contribution in [2.24, 2.45) is 0 Å². The monoisotopic (exact) mass is 379 g/mol. The molecule has 28 heavy (non-hydrogen) atoms. The SMILES string of the molecule is CCOc1ccc(CCNC(=O)C[n+]2ccc3ccccc3c2)cc1OCC. The van der Waals surface area contributed by atoms with E-state index in [1.807, 2.05) is 73.3 Å². The van der Waals surface area contributed by atoms with Crippen molar-refractivity contribution in [2.75, 3.05) is 19.8 Å². The molecule has 0 aliphatic carbocycles. The highest BCUT2D eigenvalue weighted by Gasteiger charge is 2.10. The van der Waals surface area contributed by atoms with E-state index in [9.17, 15) is 4.79 Å². The van der Waals surface area contributed by atoms with Crippen LogP contribution in [0, 0.1) is 0 Å². The molecule has 0 bridgehead atoms. The lowest BCUT2D eigenvalue weighted by Gasteiger charge is -2.12. The molecule has 3 aromatic rings. The van der Waals surface area contributed by atoms with Crippen LogP contribution < -0.4 is 19.4 Å². The molecule has 3 rings (SSSR count). The Labute approximate surface area is 165 Å². The van der Waals surface area contributed by atoms with Gasteiger partial charge in [0, 0.05) is 18.0 Å². The zero-order valence-corrected chi connectivity index (χ0v) is 16.5. The second-order valence-electron chi connectivity index (χ2n) is 6.49. The number of rotatable bonds is 9. The average Bonchev–Trinajstić information content (AvgIpc) is 2.70. The third kappa shape index (κ3) is 5.22. The Bertz CT molecular complexity index is 940. The molecule has 0 radical (unpaired) electrons. The highest BCUT2D eigenvalue weighted by atomic mass is 16.5. The normalized spacial score (nSPS) is 10.6. The summed E-state index contributed by atoms with van der Waals surface area (Å²) in [5.41, 5.74) is 1.10. The molecule has 0 saturated carbocycles. The van der Waals surface area contributed by atoms with Crippen LogP contribution in [0.3, 0.4) is 0 Å². The molecular weight excluding hydrogens is 352 g/mol. The number of benzene rings is 2. The van der Waals surface area contributed by atoms with Gasteiger partial charge in [0.2, 0.25) is 6.54 Å². The fraction of sp³-hybridized carbons (Fsp3) is 0.304. The third-order valence-corrected chi connectivity index (χ3v) is 4.42. The van der Waals surface area contributed by atoms with E-state index < -0.39 is 0 Å².